The lowest BCUT2D eigenvalue weighted by molar-refractivity contribution is -0.121. The van der Waals surface area contributed by atoms with Crippen molar-refractivity contribution < 1.29 is 4.79 Å². The van der Waals surface area contributed by atoms with E-state index in [-0.39, 0.29) is 17.9 Å². The fourth-order valence-electron chi connectivity index (χ4n) is 2.14. The standard InChI is InChI=1S/C15H15N5O2/c21-14(7-10-19-8-3-2-6-15(19)22)16-11-13-18-17-12-5-1-4-9-20(12)13/h1-6,8-9H,7,10-11H2,(H,16,21). The predicted octanol–water partition coefficient (Wildman–Crippen LogP) is 0.597. The quantitative estimate of drug-likeness (QED) is 0.747. The number of hydrogen-bond acceptors (Lipinski definition) is 4. The molecule has 0 atom stereocenters. The van der Waals surface area contributed by atoms with Gasteiger partial charge in [-0.15, -0.1) is 10.2 Å². The van der Waals surface area contributed by atoms with E-state index in [0.29, 0.717) is 18.9 Å². The highest BCUT2D eigenvalue weighted by Gasteiger charge is 2.07. The molecule has 3 heterocycles. The third-order valence-electron chi connectivity index (χ3n) is 3.31. The van der Waals surface area contributed by atoms with Crippen LogP contribution < -0.4 is 10.9 Å². The normalized spacial score (nSPS) is 10.7. The van der Waals surface area contributed by atoms with Gasteiger partial charge in [0.05, 0.1) is 6.54 Å². The van der Waals surface area contributed by atoms with Gasteiger partial charge in [0.15, 0.2) is 11.5 Å². The van der Waals surface area contributed by atoms with E-state index in [1.165, 1.54) is 10.6 Å². The smallest absolute Gasteiger partial charge is 0.250 e. The van der Waals surface area contributed by atoms with E-state index in [2.05, 4.69) is 15.5 Å². The SMILES string of the molecule is O=C(CCn1ccccc1=O)NCc1nnc2ccccn12. The molecular formula is C15H15N5O2. The highest BCUT2D eigenvalue weighted by molar-refractivity contribution is 5.75. The zero-order valence-corrected chi connectivity index (χ0v) is 11.8. The number of carbonyl (C=O) groups is 1. The van der Waals surface area contributed by atoms with Crippen molar-refractivity contribution in [3.63, 3.8) is 0 Å². The fourth-order valence-corrected chi connectivity index (χ4v) is 2.14. The van der Waals surface area contributed by atoms with Crippen LogP contribution in [0.25, 0.3) is 5.65 Å². The Balaban J connectivity index is 1.56. The van der Waals surface area contributed by atoms with Crippen LogP contribution in [0.1, 0.15) is 12.2 Å². The fraction of sp³-hybridized carbons (Fsp3) is 0.200. The minimum atomic E-state index is -0.136. The molecule has 0 spiro atoms. The maximum absolute atomic E-state index is 11.9. The summed E-state index contributed by atoms with van der Waals surface area (Å²) in [6, 6.07) is 10.5. The third-order valence-corrected chi connectivity index (χ3v) is 3.31. The number of amides is 1. The Morgan fingerprint density at radius 1 is 1.09 bits per heavy atom. The maximum Gasteiger partial charge on any atom is 0.250 e. The lowest BCUT2D eigenvalue weighted by Gasteiger charge is -2.06. The minimum Gasteiger partial charge on any atom is -0.349 e. The number of rotatable bonds is 5. The van der Waals surface area contributed by atoms with Crippen LogP contribution in [-0.4, -0.2) is 25.1 Å². The van der Waals surface area contributed by atoms with Crippen LogP contribution in [0.5, 0.6) is 0 Å². The van der Waals surface area contributed by atoms with Gasteiger partial charge in [0.1, 0.15) is 0 Å². The van der Waals surface area contributed by atoms with Crippen molar-refractivity contribution >= 4 is 11.6 Å². The Labute approximate surface area is 126 Å². The summed E-state index contributed by atoms with van der Waals surface area (Å²) in [5.74, 6) is 0.532. The summed E-state index contributed by atoms with van der Waals surface area (Å²) in [4.78, 5) is 23.4. The molecule has 0 bridgehead atoms. The molecule has 7 heteroatoms. The van der Waals surface area contributed by atoms with Crippen LogP contribution in [0.3, 0.4) is 0 Å². The van der Waals surface area contributed by atoms with Crippen LogP contribution in [0.2, 0.25) is 0 Å². The van der Waals surface area contributed by atoms with E-state index in [0.717, 1.165) is 5.65 Å². The number of pyridine rings is 2. The van der Waals surface area contributed by atoms with Crippen LogP contribution >= 0.6 is 0 Å². The lowest BCUT2D eigenvalue weighted by atomic mass is 10.3. The molecule has 0 aliphatic heterocycles. The Morgan fingerprint density at radius 2 is 1.91 bits per heavy atom. The first-order valence-electron chi connectivity index (χ1n) is 6.95. The van der Waals surface area contributed by atoms with E-state index < -0.39 is 0 Å². The van der Waals surface area contributed by atoms with Crippen molar-refractivity contribution in [3.05, 3.63) is 65.0 Å². The largest absolute Gasteiger partial charge is 0.349 e. The molecule has 0 saturated heterocycles. The molecule has 22 heavy (non-hydrogen) atoms. The summed E-state index contributed by atoms with van der Waals surface area (Å²) >= 11 is 0. The van der Waals surface area contributed by atoms with E-state index in [1.807, 2.05) is 28.8 Å². The number of fused-ring (bicyclic) bond motifs is 1. The average Bonchev–Trinajstić information content (AvgIpc) is 2.95. The molecule has 3 aromatic rings. The molecule has 0 aliphatic carbocycles. The van der Waals surface area contributed by atoms with Crippen molar-refractivity contribution in [2.24, 2.45) is 0 Å². The van der Waals surface area contributed by atoms with E-state index in [4.69, 9.17) is 0 Å². The lowest BCUT2D eigenvalue weighted by Crippen LogP contribution is -2.27. The molecule has 1 N–H and O–H groups in total. The molecule has 0 aromatic carbocycles. The van der Waals surface area contributed by atoms with Gasteiger partial charge in [-0.3, -0.25) is 14.0 Å². The highest BCUT2D eigenvalue weighted by atomic mass is 16.1. The summed E-state index contributed by atoms with van der Waals surface area (Å²) in [5.41, 5.74) is 0.626. The monoisotopic (exact) mass is 297 g/mol. The van der Waals surface area contributed by atoms with Gasteiger partial charge >= 0.3 is 0 Å². The van der Waals surface area contributed by atoms with E-state index >= 15 is 0 Å². The van der Waals surface area contributed by atoms with Gasteiger partial charge in [0.2, 0.25) is 5.91 Å². The number of hydrogen-bond donors (Lipinski definition) is 1. The molecule has 7 nitrogen and oxygen atoms in total. The van der Waals surface area contributed by atoms with Crippen LogP contribution in [0.15, 0.2) is 53.6 Å². The number of nitrogens with one attached hydrogen (secondary N) is 1. The summed E-state index contributed by atoms with van der Waals surface area (Å²) in [5, 5.41) is 10.8. The maximum atomic E-state index is 11.9. The molecule has 0 fully saturated rings. The van der Waals surface area contributed by atoms with Crippen LogP contribution in [-0.2, 0) is 17.9 Å². The summed E-state index contributed by atoms with van der Waals surface area (Å²) in [6.45, 7) is 0.653. The Kier molecular flexibility index (Phi) is 3.95. The first-order chi connectivity index (χ1) is 10.7. The molecule has 3 rings (SSSR count). The molecule has 1 amide bonds. The van der Waals surface area contributed by atoms with Crippen molar-refractivity contribution in [1.82, 2.24) is 24.5 Å². The molecule has 0 aliphatic rings. The number of carbonyl (C=O) groups excluding carboxylic acids is 1. The highest BCUT2D eigenvalue weighted by Crippen LogP contribution is 2.02. The first kappa shape index (κ1) is 14.0. The van der Waals surface area contributed by atoms with Crippen molar-refractivity contribution in [3.8, 4) is 0 Å². The molecule has 3 aromatic heterocycles. The zero-order valence-electron chi connectivity index (χ0n) is 11.8. The molecule has 0 saturated carbocycles. The summed E-state index contributed by atoms with van der Waals surface area (Å²) < 4.78 is 3.33. The van der Waals surface area contributed by atoms with Crippen molar-refractivity contribution in [2.45, 2.75) is 19.5 Å². The van der Waals surface area contributed by atoms with Gasteiger partial charge in [-0.2, -0.15) is 0 Å². The molecule has 112 valence electrons. The Hall–Kier alpha value is -2.96. The molecule has 0 radical (unpaired) electrons. The zero-order chi connectivity index (χ0) is 15.4. The van der Waals surface area contributed by atoms with Gasteiger partial charge < -0.3 is 9.88 Å². The number of aromatic nitrogens is 4. The van der Waals surface area contributed by atoms with Crippen LogP contribution in [0, 0.1) is 0 Å². The average molecular weight is 297 g/mol. The third kappa shape index (κ3) is 3.03. The van der Waals surface area contributed by atoms with Gasteiger partial charge in [0, 0.05) is 31.4 Å². The second-order valence-corrected chi connectivity index (χ2v) is 4.80. The van der Waals surface area contributed by atoms with E-state index in [1.54, 1.807) is 18.3 Å². The van der Waals surface area contributed by atoms with Gasteiger partial charge in [-0.25, -0.2) is 0 Å². The van der Waals surface area contributed by atoms with E-state index in [9.17, 15) is 9.59 Å². The summed E-state index contributed by atoms with van der Waals surface area (Å²) in [6.07, 6.45) is 3.75. The Morgan fingerprint density at radius 3 is 2.77 bits per heavy atom. The minimum absolute atomic E-state index is 0.112. The van der Waals surface area contributed by atoms with Gasteiger partial charge in [-0.05, 0) is 18.2 Å². The Bertz CT molecular complexity index is 852. The predicted molar refractivity (Wildman–Crippen MR) is 80.2 cm³/mol. The second kappa shape index (κ2) is 6.21. The van der Waals surface area contributed by atoms with Gasteiger partial charge in [-0.1, -0.05) is 12.1 Å². The van der Waals surface area contributed by atoms with Crippen molar-refractivity contribution in [1.29, 1.82) is 0 Å². The summed E-state index contributed by atoms with van der Waals surface area (Å²) in [7, 11) is 0. The first-order valence-corrected chi connectivity index (χ1v) is 6.95. The molecular weight excluding hydrogens is 282 g/mol. The van der Waals surface area contributed by atoms with Crippen molar-refractivity contribution in [2.75, 3.05) is 0 Å². The number of nitrogens with zero attached hydrogens (tertiary/aromatic N) is 4. The second-order valence-electron chi connectivity index (χ2n) is 4.80. The topological polar surface area (TPSA) is 81.3 Å². The number of aryl methyl sites for hydroxylation is 1. The molecule has 0 unspecified atom stereocenters. The van der Waals surface area contributed by atoms with Crippen LogP contribution in [0.4, 0.5) is 0 Å². The van der Waals surface area contributed by atoms with Gasteiger partial charge in [0.25, 0.3) is 5.56 Å².